The van der Waals surface area contributed by atoms with E-state index in [-0.39, 0.29) is 16.7 Å². The number of amides is 2. The van der Waals surface area contributed by atoms with Gasteiger partial charge in [-0.05, 0) is 73.5 Å². The largest absolute Gasteiger partial charge is 0.497 e. The molecule has 5 aliphatic rings. The summed E-state index contributed by atoms with van der Waals surface area (Å²) in [6.45, 7) is 4.34. The summed E-state index contributed by atoms with van der Waals surface area (Å²) in [4.78, 5) is 29.4. The molecule has 0 radical (unpaired) electrons. The van der Waals surface area contributed by atoms with Gasteiger partial charge in [0.15, 0.2) is 0 Å². The first-order valence-corrected chi connectivity index (χ1v) is 11.1. The standard InChI is InChI=1S/C24H32N2O3/c1-17(27)25-7-9-26(10-8-25)22(28)24-14-18-11-19(15-24)13-23(12-18,16-24)20-3-5-21(29-2)6-4-20/h3-6,18-19H,7-16H2,1-2H3/t18-,19-,23?,24?/m1/s1. The minimum Gasteiger partial charge on any atom is -0.497 e. The highest BCUT2D eigenvalue weighted by atomic mass is 16.5. The van der Waals surface area contributed by atoms with Crippen molar-refractivity contribution >= 4 is 11.8 Å². The van der Waals surface area contributed by atoms with Crippen molar-refractivity contribution in [2.75, 3.05) is 33.3 Å². The molecule has 0 aromatic heterocycles. The Morgan fingerprint density at radius 2 is 1.52 bits per heavy atom. The van der Waals surface area contributed by atoms with E-state index in [0.29, 0.717) is 43.9 Å². The Morgan fingerprint density at radius 3 is 2.07 bits per heavy atom. The van der Waals surface area contributed by atoms with Crippen molar-refractivity contribution in [1.29, 1.82) is 0 Å². The number of rotatable bonds is 3. The van der Waals surface area contributed by atoms with Gasteiger partial charge in [-0.25, -0.2) is 0 Å². The van der Waals surface area contributed by atoms with Crippen LogP contribution in [0.5, 0.6) is 5.75 Å². The lowest BCUT2D eigenvalue weighted by molar-refractivity contribution is -0.163. The molecule has 6 rings (SSSR count). The molecule has 1 saturated heterocycles. The van der Waals surface area contributed by atoms with Crippen LogP contribution < -0.4 is 4.74 Å². The van der Waals surface area contributed by atoms with Crippen LogP contribution in [0.2, 0.25) is 0 Å². The molecular weight excluding hydrogens is 364 g/mol. The molecule has 1 aromatic carbocycles. The summed E-state index contributed by atoms with van der Waals surface area (Å²) >= 11 is 0. The molecule has 2 atom stereocenters. The predicted octanol–water partition coefficient (Wildman–Crippen LogP) is 3.22. The van der Waals surface area contributed by atoms with E-state index in [4.69, 9.17) is 4.74 Å². The number of methoxy groups -OCH3 is 1. The molecule has 1 aromatic rings. The van der Waals surface area contributed by atoms with E-state index in [1.54, 1.807) is 14.0 Å². The number of hydrogen-bond acceptors (Lipinski definition) is 3. The van der Waals surface area contributed by atoms with Crippen LogP contribution in [0.3, 0.4) is 0 Å². The maximum atomic E-state index is 13.8. The fourth-order valence-corrected chi connectivity index (χ4v) is 7.35. The van der Waals surface area contributed by atoms with Crippen LogP contribution in [-0.2, 0) is 15.0 Å². The van der Waals surface area contributed by atoms with Crippen LogP contribution in [0.15, 0.2) is 24.3 Å². The molecule has 5 nitrogen and oxygen atoms in total. The second-order valence-corrected chi connectivity index (χ2v) is 10.0. The summed E-state index contributed by atoms with van der Waals surface area (Å²) in [5.41, 5.74) is 1.35. The highest BCUT2D eigenvalue weighted by Crippen LogP contribution is 2.66. The number of piperazine rings is 1. The third-order valence-corrected chi connectivity index (χ3v) is 8.23. The summed E-state index contributed by atoms with van der Waals surface area (Å²) in [6, 6.07) is 8.61. The lowest BCUT2D eigenvalue weighted by Crippen LogP contribution is -2.61. The van der Waals surface area contributed by atoms with Crippen molar-refractivity contribution < 1.29 is 14.3 Å². The van der Waals surface area contributed by atoms with E-state index in [1.165, 1.54) is 24.8 Å². The summed E-state index contributed by atoms with van der Waals surface area (Å²) < 4.78 is 5.36. The van der Waals surface area contributed by atoms with E-state index >= 15 is 0 Å². The van der Waals surface area contributed by atoms with Gasteiger partial charge in [0.25, 0.3) is 0 Å². The molecule has 1 heterocycles. The second kappa shape index (κ2) is 6.75. The summed E-state index contributed by atoms with van der Waals surface area (Å²) in [5.74, 6) is 2.72. The van der Waals surface area contributed by atoms with Crippen molar-refractivity contribution in [3.8, 4) is 5.75 Å². The number of hydrogen-bond donors (Lipinski definition) is 0. The molecule has 4 bridgehead atoms. The molecule has 5 fully saturated rings. The molecule has 0 N–H and O–H groups in total. The van der Waals surface area contributed by atoms with Gasteiger partial charge in [0.05, 0.1) is 12.5 Å². The Kier molecular flexibility index (Phi) is 4.41. The molecule has 156 valence electrons. The molecule has 1 aliphatic heterocycles. The molecule has 0 unspecified atom stereocenters. The molecule has 5 heteroatoms. The third kappa shape index (κ3) is 3.04. The van der Waals surface area contributed by atoms with Crippen LogP contribution in [0.25, 0.3) is 0 Å². The van der Waals surface area contributed by atoms with Crippen molar-refractivity contribution in [1.82, 2.24) is 9.80 Å². The Balaban J connectivity index is 1.40. The molecule has 29 heavy (non-hydrogen) atoms. The Bertz CT molecular complexity index is 796. The summed E-state index contributed by atoms with van der Waals surface area (Å²) in [7, 11) is 1.71. The van der Waals surface area contributed by atoms with Gasteiger partial charge < -0.3 is 14.5 Å². The van der Waals surface area contributed by atoms with E-state index in [0.717, 1.165) is 25.0 Å². The fraction of sp³-hybridized carbons (Fsp3) is 0.667. The fourth-order valence-electron chi connectivity index (χ4n) is 7.35. The van der Waals surface area contributed by atoms with Crippen LogP contribution >= 0.6 is 0 Å². The smallest absolute Gasteiger partial charge is 0.228 e. The lowest BCUT2D eigenvalue weighted by atomic mass is 9.42. The maximum Gasteiger partial charge on any atom is 0.228 e. The van der Waals surface area contributed by atoms with Crippen LogP contribution in [-0.4, -0.2) is 54.9 Å². The quantitative estimate of drug-likeness (QED) is 0.788. The number of carbonyl (C=O) groups excluding carboxylic acids is 2. The van der Waals surface area contributed by atoms with Gasteiger partial charge in [-0.1, -0.05) is 12.1 Å². The van der Waals surface area contributed by atoms with Crippen molar-refractivity contribution in [2.45, 2.75) is 50.9 Å². The maximum absolute atomic E-state index is 13.8. The van der Waals surface area contributed by atoms with E-state index in [2.05, 4.69) is 29.2 Å². The van der Waals surface area contributed by atoms with Crippen molar-refractivity contribution in [3.05, 3.63) is 29.8 Å². The van der Waals surface area contributed by atoms with Crippen LogP contribution in [0.4, 0.5) is 0 Å². The van der Waals surface area contributed by atoms with Crippen LogP contribution in [0, 0.1) is 17.3 Å². The Labute approximate surface area is 173 Å². The highest BCUT2D eigenvalue weighted by Gasteiger charge is 2.61. The minimum atomic E-state index is -0.192. The van der Waals surface area contributed by atoms with Gasteiger partial charge >= 0.3 is 0 Å². The van der Waals surface area contributed by atoms with Gasteiger partial charge in [0, 0.05) is 33.1 Å². The number of benzene rings is 1. The SMILES string of the molecule is COc1ccc(C23C[C@H]4C[C@@H](CC(C(=O)N5CCN(C(C)=O)CC5)(C4)C2)C3)cc1. The van der Waals surface area contributed by atoms with Gasteiger partial charge in [-0.3, -0.25) is 9.59 Å². The number of nitrogens with zero attached hydrogens (tertiary/aromatic N) is 2. The summed E-state index contributed by atoms with van der Waals surface area (Å²) in [5, 5.41) is 0. The van der Waals surface area contributed by atoms with Gasteiger partial charge in [-0.2, -0.15) is 0 Å². The predicted molar refractivity (Wildman–Crippen MR) is 111 cm³/mol. The number of ether oxygens (including phenoxy) is 1. The molecule has 4 saturated carbocycles. The van der Waals surface area contributed by atoms with Crippen LogP contribution in [0.1, 0.15) is 51.0 Å². The van der Waals surface area contributed by atoms with Gasteiger partial charge in [-0.15, -0.1) is 0 Å². The Hall–Kier alpha value is -2.04. The summed E-state index contributed by atoms with van der Waals surface area (Å²) in [6.07, 6.45) is 6.86. The Morgan fingerprint density at radius 1 is 0.931 bits per heavy atom. The first-order chi connectivity index (χ1) is 13.9. The van der Waals surface area contributed by atoms with E-state index in [9.17, 15) is 9.59 Å². The molecule has 4 aliphatic carbocycles. The average molecular weight is 397 g/mol. The zero-order valence-electron chi connectivity index (χ0n) is 17.7. The molecule has 0 spiro atoms. The first kappa shape index (κ1) is 19.0. The monoisotopic (exact) mass is 396 g/mol. The first-order valence-electron chi connectivity index (χ1n) is 11.1. The topological polar surface area (TPSA) is 49.9 Å². The van der Waals surface area contributed by atoms with E-state index < -0.39 is 0 Å². The third-order valence-electron chi connectivity index (χ3n) is 8.23. The molecular formula is C24H32N2O3. The zero-order chi connectivity index (χ0) is 20.2. The number of carbonyl (C=O) groups is 2. The van der Waals surface area contributed by atoms with Crippen molar-refractivity contribution in [3.63, 3.8) is 0 Å². The molecule has 2 amide bonds. The van der Waals surface area contributed by atoms with Crippen molar-refractivity contribution in [2.24, 2.45) is 17.3 Å². The lowest BCUT2D eigenvalue weighted by Gasteiger charge is -2.62. The zero-order valence-corrected chi connectivity index (χ0v) is 17.7. The van der Waals surface area contributed by atoms with Gasteiger partial charge in [0.2, 0.25) is 11.8 Å². The minimum absolute atomic E-state index is 0.116. The highest BCUT2D eigenvalue weighted by molar-refractivity contribution is 5.84. The normalized spacial score (nSPS) is 35.7. The average Bonchev–Trinajstić information content (AvgIpc) is 2.72. The van der Waals surface area contributed by atoms with E-state index in [1.807, 2.05) is 4.90 Å². The second-order valence-electron chi connectivity index (χ2n) is 10.0. The van der Waals surface area contributed by atoms with Gasteiger partial charge in [0.1, 0.15) is 5.75 Å².